The molecule has 0 spiro atoms. The molecule has 0 saturated heterocycles. The molecule has 1 rings (SSSR count). The molecule has 0 atom stereocenters. The number of hydrogen-bond donors (Lipinski definition) is 1. The summed E-state index contributed by atoms with van der Waals surface area (Å²) in [6.07, 6.45) is 0.681. The largest absolute Gasteiger partial charge is 0.314 e. The first-order valence-corrected chi connectivity index (χ1v) is 4.86. The van der Waals surface area contributed by atoms with Gasteiger partial charge in [-0.3, -0.25) is 4.79 Å². The number of hydrogen-bond acceptors (Lipinski definition) is 2. The maximum atomic E-state index is 10.4. The Morgan fingerprint density at radius 1 is 1.43 bits per heavy atom. The minimum Gasteiger partial charge on any atom is -0.314 e. The summed E-state index contributed by atoms with van der Waals surface area (Å²) in [6.45, 7) is 8.23. The van der Waals surface area contributed by atoms with Crippen molar-refractivity contribution < 1.29 is 4.79 Å². The molecule has 0 bridgehead atoms. The molecule has 1 N–H and O–H groups in total. The van der Waals surface area contributed by atoms with Crippen LogP contribution in [0.2, 0.25) is 0 Å². The summed E-state index contributed by atoms with van der Waals surface area (Å²) < 4.78 is 1.82. The summed E-state index contributed by atoms with van der Waals surface area (Å²) in [7, 11) is 0. The van der Waals surface area contributed by atoms with Gasteiger partial charge in [-0.2, -0.15) is 5.10 Å². The molecule has 1 aromatic heterocycles. The van der Waals surface area contributed by atoms with Gasteiger partial charge in [-0.05, 0) is 19.8 Å². The molecule has 0 saturated carbocycles. The van der Waals surface area contributed by atoms with E-state index in [1.54, 1.807) is 0 Å². The normalized spacial score (nSPS) is 11.0. The lowest BCUT2D eigenvalue weighted by Crippen LogP contribution is -2.08. The molecule has 14 heavy (non-hydrogen) atoms. The zero-order valence-electron chi connectivity index (χ0n) is 9.11. The van der Waals surface area contributed by atoms with Crippen molar-refractivity contribution in [2.45, 2.75) is 39.7 Å². The zero-order valence-corrected chi connectivity index (χ0v) is 9.11. The molecule has 1 heterocycles. The number of carbonyl (C=O) groups excluding carboxylic acids is 1. The van der Waals surface area contributed by atoms with Crippen molar-refractivity contribution in [3.05, 3.63) is 11.8 Å². The Hall–Kier alpha value is -1.32. The fourth-order valence-corrected chi connectivity index (χ4v) is 1.26. The molecule has 0 aliphatic rings. The molecule has 78 valence electrons. The van der Waals surface area contributed by atoms with Crippen molar-refractivity contribution in [3.63, 3.8) is 0 Å². The first kappa shape index (κ1) is 10.8. The van der Waals surface area contributed by atoms with Gasteiger partial charge in [0.2, 0.25) is 6.41 Å². The second kappa shape index (κ2) is 4.26. The summed E-state index contributed by atoms with van der Waals surface area (Å²) in [4.78, 5) is 10.4. The van der Waals surface area contributed by atoms with Crippen molar-refractivity contribution in [3.8, 4) is 0 Å². The third-order valence-electron chi connectivity index (χ3n) is 2.04. The van der Waals surface area contributed by atoms with Crippen LogP contribution in [0, 0.1) is 0 Å². The predicted octanol–water partition coefficient (Wildman–Crippen LogP) is 2.16. The number of amides is 1. The molecular weight excluding hydrogens is 178 g/mol. The standard InChI is InChI=1S/C10H17N3O/c1-7(2)9-5-10(11-6-14)13(12-9)8(3)4/h5-8H,1-4H3,(H,11,14). The number of nitrogens with zero attached hydrogens (tertiary/aromatic N) is 2. The van der Waals surface area contributed by atoms with Gasteiger partial charge >= 0.3 is 0 Å². The number of rotatable bonds is 4. The molecule has 0 aliphatic heterocycles. The van der Waals surface area contributed by atoms with Crippen LogP contribution in [0.25, 0.3) is 0 Å². The lowest BCUT2D eigenvalue weighted by molar-refractivity contribution is -0.105. The Balaban J connectivity index is 3.05. The third-order valence-corrected chi connectivity index (χ3v) is 2.04. The highest BCUT2D eigenvalue weighted by Crippen LogP contribution is 2.20. The average Bonchev–Trinajstić information content (AvgIpc) is 2.49. The van der Waals surface area contributed by atoms with E-state index >= 15 is 0 Å². The Morgan fingerprint density at radius 2 is 2.07 bits per heavy atom. The number of aromatic nitrogens is 2. The van der Waals surface area contributed by atoms with Crippen molar-refractivity contribution in [2.24, 2.45) is 0 Å². The van der Waals surface area contributed by atoms with Crippen molar-refractivity contribution in [1.29, 1.82) is 0 Å². The molecule has 1 amide bonds. The van der Waals surface area contributed by atoms with Crippen molar-refractivity contribution >= 4 is 12.2 Å². The van der Waals surface area contributed by atoms with Gasteiger partial charge in [-0.15, -0.1) is 0 Å². The summed E-state index contributed by atoms with van der Waals surface area (Å²) in [6, 6.07) is 2.17. The maximum Gasteiger partial charge on any atom is 0.212 e. The molecule has 4 nitrogen and oxygen atoms in total. The van der Waals surface area contributed by atoms with Crippen LogP contribution in [-0.2, 0) is 4.79 Å². The highest BCUT2D eigenvalue weighted by molar-refractivity contribution is 5.69. The van der Waals surface area contributed by atoms with Crippen molar-refractivity contribution in [2.75, 3.05) is 5.32 Å². The highest BCUT2D eigenvalue weighted by atomic mass is 16.1. The van der Waals surface area contributed by atoms with E-state index in [-0.39, 0.29) is 6.04 Å². The van der Waals surface area contributed by atoms with Crippen LogP contribution in [0.15, 0.2) is 6.07 Å². The molecule has 0 fully saturated rings. The average molecular weight is 195 g/mol. The van der Waals surface area contributed by atoms with E-state index in [9.17, 15) is 4.79 Å². The second-order valence-corrected chi connectivity index (χ2v) is 3.91. The maximum absolute atomic E-state index is 10.4. The van der Waals surface area contributed by atoms with E-state index in [0.29, 0.717) is 12.3 Å². The van der Waals surface area contributed by atoms with Crippen LogP contribution >= 0.6 is 0 Å². The predicted molar refractivity (Wildman–Crippen MR) is 56.4 cm³/mol. The van der Waals surface area contributed by atoms with E-state index in [1.165, 1.54) is 0 Å². The van der Waals surface area contributed by atoms with Gasteiger partial charge < -0.3 is 5.32 Å². The van der Waals surface area contributed by atoms with E-state index < -0.39 is 0 Å². The van der Waals surface area contributed by atoms with Crippen LogP contribution in [0.5, 0.6) is 0 Å². The Morgan fingerprint density at radius 3 is 2.50 bits per heavy atom. The Kier molecular flexibility index (Phi) is 3.28. The monoisotopic (exact) mass is 195 g/mol. The van der Waals surface area contributed by atoms with Gasteiger partial charge in [0.05, 0.1) is 5.69 Å². The fourth-order valence-electron chi connectivity index (χ4n) is 1.26. The van der Waals surface area contributed by atoms with Gasteiger partial charge in [-0.1, -0.05) is 13.8 Å². The zero-order chi connectivity index (χ0) is 10.7. The van der Waals surface area contributed by atoms with E-state index in [0.717, 1.165) is 11.5 Å². The SMILES string of the molecule is CC(C)c1cc(NC=O)n(C(C)C)n1. The summed E-state index contributed by atoms with van der Waals surface area (Å²) in [5.41, 5.74) is 1.00. The lowest BCUT2D eigenvalue weighted by Gasteiger charge is -2.08. The van der Waals surface area contributed by atoms with Crippen LogP contribution in [0.3, 0.4) is 0 Å². The highest BCUT2D eigenvalue weighted by Gasteiger charge is 2.11. The fraction of sp³-hybridized carbons (Fsp3) is 0.600. The third kappa shape index (κ3) is 2.13. The lowest BCUT2D eigenvalue weighted by atomic mass is 10.1. The molecule has 4 heteroatoms. The van der Waals surface area contributed by atoms with Gasteiger partial charge in [-0.25, -0.2) is 4.68 Å². The first-order valence-electron chi connectivity index (χ1n) is 4.86. The van der Waals surface area contributed by atoms with Crippen LogP contribution < -0.4 is 5.32 Å². The van der Waals surface area contributed by atoms with Gasteiger partial charge in [0.15, 0.2) is 0 Å². The van der Waals surface area contributed by atoms with Crippen LogP contribution in [0.1, 0.15) is 45.3 Å². The second-order valence-electron chi connectivity index (χ2n) is 3.91. The molecule has 1 aromatic rings. The number of carbonyl (C=O) groups is 1. The van der Waals surface area contributed by atoms with Crippen LogP contribution in [-0.4, -0.2) is 16.2 Å². The van der Waals surface area contributed by atoms with Crippen LogP contribution in [0.4, 0.5) is 5.82 Å². The molecule has 0 aromatic carbocycles. The Labute approximate surface area is 84.3 Å². The Bertz CT molecular complexity index is 315. The number of nitrogens with one attached hydrogen (secondary N) is 1. The minimum atomic E-state index is 0.255. The van der Waals surface area contributed by atoms with E-state index in [2.05, 4.69) is 24.3 Å². The topological polar surface area (TPSA) is 46.9 Å². The van der Waals surface area contributed by atoms with Gasteiger partial charge in [0, 0.05) is 12.1 Å². The molecule has 0 radical (unpaired) electrons. The van der Waals surface area contributed by atoms with E-state index in [1.807, 2.05) is 24.6 Å². The smallest absolute Gasteiger partial charge is 0.212 e. The first-order chi connectivity index (χ1) is 6.56. The minimum absolute atomic E-state index is 0.255. The summed E-state index contributed by atoms with van der Waals surface area (Å²) in [5.74, 6) is 1.14. The molecule has 0 unspecified atom stereocenters. The quantitative estimate of drug-likeness (QED) is 0.748. The van der Waals surface area contributed by atoms with Gasteiger partial charge in [0.1, 0.15) is 5.82 Å². The summed E-state index contributed by atoms with van der Waals surface area (Å²) >= 11 is 0. The van der Waals surface area contributed by atoms with Gasteiger partial charge in [0.25, 0.3) is 0 Å². The number of anilines is 1. The summed E-state index contributed by atoms with van der Waals surface area (Å²) in [5, 5.41) is 7.08. The molecule has 0 aliphatic carbocycles. The van der Waals surface area contributed by atoms with Crippen molar-refractivity contribution in [1.82, 2.24) is 9.78 Å². The van der Waals surface area contributed by atoms with E-state index in [4.69, 9.17) is 0 Å². The molecular formula is C10H17N3O.